The molecule has 0 spiro atoms. The molecule has 0 saturated heterocycles. The molecule has 0 radical (unpaired) electrons. The first-order chi connectivity index (χ1) is 13.7. The molecule has 1 amide bonds. The Morgan fingerprint density at radius 1 is 1.00 bits per heavy atom. The molecule has 2 rings (SSSR count). The molecule has 0 aliphatic carbocycles. The molecule has 0 aliphatic heterocycles. The quantitative estimate of drug-likeness (QED) is 0.561. The van der Waals surface area contributed by atoms with Gasteiger partial charge in [0.25, 0.3) is 0 Å². The Morgan fingerprint density at radius 3 is 2.25 bits per heavy atom. The number of amides is 1. The monoisotopic (exact) mass is 384 g/mol. The minimum atomic E-state index is 0.0615. The summed E-state index contributed by atoms with van der Waals surface area (Å²) in [5.41, 5.74) is 1.23. The Kier molecular flexibility index (Phi) is 9.35. The predicted octanol–water partition coefficient (Wildman–Crippen LogP) is 4.05. The maximum Gasteiger partial charge on any atom is 0.220 e. The summed E-state index contributed by atoms with van der Waals surface area (Å²) in [7, 11) is 1.64. The first kappa shape index (κ1) is 21.8. The summed E-state index contributed by atoms with van der Waals surface area (Å²) < 4.78 is 10.8. The van der Waals surface area contributed by atoms with Crippen LogP contribution >= 0.6 is 0 Å². The molecule has 0 fully saturated rings. The Balaban J connectivity index is 1.75. The van der Waals surface area contributed by atoms with Gasteiger partial charge in [-0.25, -0.2) is 0 Å². The number of benzene rings is 2. The van der Waals surface area contributed by atoms with Crippen LogP contribution in [0.25, 0.3) is 0 Å². The van der Waals surface area contributed by atoms with Gasteiger partial charge in [-0.2, -0.15) is 0 Å². The lowest BCUT2D eigenvalue weighted by molar-refractivity contribution is -0.121. The third-order valence-electron chi connectivity index (χ3n) is 4.81. The van der Waals surface area contributed by atoms with Crippen LogP contribution in [0, 0.1) is 0 Å². The van der Waals surface area contributed by atoms with Crippen LogP contribution in [0.1, 0.15) is 38.3 Å². The summed E-state index contributed by atoms with van der Waals surface area (Å²) in [6, 6.07) is 18.0. The van der Waals surface area contributed by atoms with E-state index in [1.54, 1.807) is 7.11 Å². The van der Waals surface area contributed by atoms with Crippen molar-refractivity contribution in [3.05, 3.63) is 60.2 Å². The second-order valence-corrected chi connectivity index (χ2v) is 6.58. The van der Waals surface area contributed by atoms with Crippen molar-refractivity contribution in [1.29, 1.82) is 0 Å². The molecule has 2 aromatic carbocycles. The lowest BCUT2D eigenvalue weighted by Gasteiger charge is -2.30. The van der Waals surface area contributed by atoms with Crippen LogP contribution < -0.4 is 14.8 Å². The molecule has 0 aromatic heterocycles. The summed E-state index contributed by atoms with van der Waals surface area (Å²) >= 11 is 0. The maximum atomic E-state index is 12.3. The number of carbonyl (C=O) groups is 1. The third kappa shape index (κ3) is 6.89. The molecule has 2 aromatic rings. The highest BCUT2D eigenvalue weighted by atomic mass is 16.5. The number of nitrogens with zero attached hydrogens (tertiary/aromatic N) is 1. The molecule has 1 unspecified atom stereocenters. The van der Waals surface area contributed by atoms with Gasteiger partial charge in [0.15, 0.2) is 0 Å². The second-order valence-electron chi connectivity index (χ2n) is 6.58. The highest BCUT2D eigenvalue weighted by Crippen LogP contribution is 2.20. The van der Waals surface area contributed by atoms with E-state index >= 15 is 0 Å². The van der Waals surface area contributed by atoms with Crippen LogP contribution in [0.2, 0.25) is 0 Å². The zero-order valence-corrected chi connectivity index (χ0v) is 17.2. The van der Waals surface area contributed by atoms with Crippen molar-refractivity contribution < 1.29 is 14.3 Å². The maximum absolute atomic E-state index is 12.3. The Hall–Kier alpha value is -2.53. The van der Waals surface area contributed by atoms with Gasteiger partial charge in [0.2, 0.25) is 5.91 Å². The average molecular weight is 385 g/mol. The predicted molar refractivity (Wildman–Crippen MR) is 113 cm³/mol. The lowest BCUT2D eigenvalue weighted by Crippen LogP contribution is -2.38. The largest absolute Gasteiger partial charge is 0.497 e. The molecule has 152 valence electrons. The fourth-order valence-corrected chi connectivity index (χ4v) is 3.19. The van der Waals surface area contributed by atoms with Gasteiger partial charge in [-0.3, -0.25) is 9.69 Å². The van der Waals surface area contributed by atoms with E-state index in [2.05, 4.69) is 36.2 Å². The number of likely N-dealkylation sites (N-methyl/N-ethyl adjacent to an activating group) is 1. The number of carbonyl (C=O) groups excluding carboxylic acids is 1. The topological polar surface area (TPSA) is 50.8 Å². The van der Waals surface area contributed by atoms with E-state index in [9.17, 15) is 4.79 Å². The van der Waals surface area contributed by atoms with E-state index < -0.39 is 0 Å². The van der Waals surface area contributed by atoms with Crippen LogP contribution in [-0.4, -0.2) is 44.2 Å². The minimum Gasteiger partial charge on any atom is -0.497 e. The standard InChI is InChI=1S/C23H32N2O3/c1-4-25(5-2)22(19-10-7-6-8-11-19)18-24-23(26)12-9-17-28-21-15-13-20(27-3)14-16-21/h6-8,10-11,13-16,22H,4-5,9,12,17-18H2,1-3H3,(H,24,26). The Morgan fingerprint density at radius 2 is 1.64 bits per heavy atom. The van der Waals surface area contributed by atoms with Gasteiger partial charge in [0.1, 0.15) is 11.5 Å². The molecular weight excluding hydrogens is 352 g/mol. The van der Waals surface area contributed by atoms with Gasteiger partial charge in [-0.15, -0.1) is 0 Å². The molecule has 0 heterocycles. The Labute approximate surface area is 168 Å². The SMILES string of the molecule is CCN(CC)C(CNC(=O)CCCOc1ccc(OC)cc1)c1ccccc1. The Bertz CT molecular complexity index is 685. The smallest absolute Gasteiger partial charge is 0.220 e. The normalized spacial score (nSPS) is 11.9. The first-order valence-electron chi connectivity index (χ1n) is 10.0. The number of hydrogen-bond acceptors (Lipinski definition) is 4. The molecule has 5 heteroatoms. The number of ether oxygens (including phenoxy) is 2. The molecular formula is C23H32N2O3. The number of hydrogen-bond donors (Lipinski definition) is 1. The summed E-state index contributed by atoms with van der Waals surface area (Å²) in [6.45, 7) is 7.32. The molecule has 0 aliphatic rings. The molecule has 0 saturated carbocycles. The van der Waals surface area contributed by atoms with Gasteiger partial charge in [0, 0.05) is 13.0 Å². The van der Waals surface area contributed by atoms with Crippen LogP contribution in [0.15, 0.2) is 54.6 Å². The van der Waals surface area contributed by atoms with Gasteiger partial charge in [0.05, 0.1) is 19.8 Å². The number of rotatable bonds is 12. The van der Waals surface area contributed by atoms with Crippen LogP contribution in [-0.2, 0) is 4.79 Å². The van der Waals surface area contributed by atoms with Crippen LogP contribution in [0.4, 0.5) is 0 Å². The van der Waals surface area contributed by atoms with E-state index in [1.807, 2.05) is 42.5 Å². The summed E-state index contributed by atoms with van der Waals surface area (Å²) in [5, 5.41) is 3.09. The number of methoxy groups -OCH3 is 1. The fourth-order valence-electron chi connectivity index (χ4n) is 3.19. The van der Waals surface area contributed by atoms with Gasteiger partial charge in [-0.1, -0.05) is 44.2 Å². The first-order valence-corrected chi connectivity index (χ1v) is 10.0. The summed E-state index contributed by atoms with van der Waals surface area (Å²) in [5.74, 6) is 1.64. The van der Waals surface area contributed by atoms with Crippen molar-refractivity contribution in [2.24, 2.45) is 0 Å². The zero-order chi connectivity index (χ0) is 20.2. The van der Waals surface area contributed by atoms with Crippen molar-refractivity contribution >= 4 is 5.91 Å². The van der Waals surface area contributed by atoms with Gasteiger partial charge >= 0.3 is 0 Å². The van der Waals surface area contributed by atoms with E-state index in [0.29, 0.717) is 26.0 Å². The molecule has 28 heavy (non-hydrogen) atoms. The zero-order valence-electron chi connectivity index (χ0n) is 17.2. The summed E-state index contributed by atoms with van der Waals surface area (Å²) in [6.07, 6.45) is 1.13. The highest BCUT2D eigenvalue weighted by Gasteiger charge is 2.18. The lowest BCUT2D eigenvalue weighted by atomic mass is 10.0. The fraction of sp³-hybridized carbons (Fsp3) is 0.435. The van der Waals surface area contributed by atoms with Gasteiger partial charge in [-0.05, 0) is 49.3 Å². The van der Waals surface area contributed by atoms with Crippen LogP contribution in [0.3, 0.4) is 0 Å². The third-order valence-corrected chi connectivity index (χ3v) is 4.81. The summed E-state index contributed by atoms with van der Waals surface area (Å²) in [4.78, 5) is 14.6. The minimum absolute atomic E-state index is 0.0615. The van der Waals surface area contributed by atoms with Crippen LogP contribution in [0.5, 0.6) is 11.5 Å². The highest BCUT2D eigenvalue weighted by molar-refractivity contribution is 5.75. The van der Waals surface area contributed by atoms with E-state index in [0.717, 1.165) is 24.6 Å². The van der Waals surface area contributed by atoms with Crippen molar-refractivity contribution in [2.75, 3.05) is 33.4 Å². The van der Waals surface area contributed by atoms with Crippen molar-refractivity contribution in [3.63, 3.8) is 0 Å². The average Bonchev–Trinajstić information content (AvgIpc) is 2.75. The van der Waals surface area contributed by atoms with E-state index in [-0.39, 0.29) is 11.9 Å². The molecule has 1 N–H and O–H groups in total. The second kappa shape index (κ2) is 12.0. The van der Waals surface area contributed by atoms with Crippen molar-refractivity contribution in [1.82, 2.24) is 10.2 Å². The molecule has 0 bridgehead atoms. The number of nitrogens with one attached hydrogen (secondary N) is 1. The van der Waals surface area contributed by atoms with Crippen molar-refractivity contribution in [3.8, 4) is 11.5 Å². The van der Waals surface area contributed by atoms with E-state index in [4.69, 9.17) is 9.47 Å². The molecule has 5 nitrogen and oxygen atoms in total. The van der Waals surface area contributed by atoms with Gasteiger partial charge < -0.3 is 14.8 Å². The molecule has 1 atom stereocenters. The van der Waals surface area contributed by atoms with Crippen molar-refractivity contribution in [2.45, 2.75) is 32.7 Å². The van der Waals surface area contributed by atoms with E-state index in [1.165, 1.54) is 5.56 Å².